The minimum absolute atomic E-state index is 0.240. The molecule has 7 nitrogen and oxygen atoms in total. The van der Waals surface area contributed by atoms with Crippen LogP contribution in [-0.2, 0) is 4.79 Å². The number of thioether (sulfide) groups is 1. The number of aromatic nitrogens is 2. The van der Waals surface area contributed by atoms with Gasteiger partial charge in [0.25, 0.3) is 5.03 Å². The van der Waals surface area contributed by atoms with Crippen molar-refractivity contribution in [3.63, 3.8) is 0 Å². The van der Waals surface area contributed by atoms with Crippen molar-refractivity contribution in [1.29, 1.82) is 0 Å². The molecule has 1 amide bonds. The third kappa shape index (κ3) is 4.45. The molecule has 0 aliphatic heterocycles. The highest BCUT2D eigenvalue weighted by molar-refractivity contribution is 8.00. The molecule has 0 bridgehead atoms. The van der Waals surface area contributed by atoms with E-state index in [9.17, 15) is 9.90 Å². The van der Waals surface area contributed by atoms with Gasteiger partial charge in [-0.2, -0.15) is 0 Å². The minimum atomic E-state index is -0.583. The molecule has 1 unspecified atom stereocenters. The van der Waals surface area contributed by atoms with E-state index in [0.717, 1.165) is 17.3 Å². The zero-order valence-electron chi connectivity index (χ0n) is 15.8. The van der Waals surface area contributed by atoms with Gasteiger partial charge < -0.3 is 19.7 Å². The molecule has 1 aromatic heterocycles. The van der Waals surface area contributed by atoms with Gasteiger partial charge in [-0.1, -0.05) is 29.8 Å². The van der Waals surface area contributed by atoms with Gasteiger partial charge in [-0.15, -0.1) is 0 Å². The number of ether oxygens (including phenoxy) is 1. The second kappa shape index (κ2) is 8.79. The van der Waals surface area contributed by atoms with E-state index in [1.54, 1.807) is 19.1 Å². The molecular formula is C20H21N3O4S. The van der Waals surface area contributed by atoms with E-state index in [4.69, 9.17) is 9.26 Å². The number of aryl methyl sites for hydroxylation is 1. The lowest BCUT2D eigenvalue weighted by molar-refractivity contribution is -0.705. The van der Waals surface area contributed by atoms with Gasteiger partial charge in [0.1, 0.15) is 5.75 Å². The molecule has 0 saturated carbocycles. The van der Waals surface area contributed by atoms with E-state index in [0.29, 0.717) is 23.7 Å². The molecule has 0 spiro atoms. The SMILES string of the molecule is CCOc1ccccc1NC(=O)C(C)Sc1c([O-])on[n+]1-c1ccc(C)cc1. The average molecular weight is 399 g/mol. The lowest BCUT2D eigenvalue weighted by atomic mass is 10.2. The number of amides is 1. The van der Waals surface area contributed by atoms with Gasteiger partial charge in [-0.25, -0.2) is 0 Å². The molecule has 0 fully saturated rings. The number of carbonyl (C=O) groups excluding carboxylic acids is 1. The summed E-state index contributed by atoms with van der Waals surface area (Å²) in [4.78, 5) is 12.6. The van der Waals surface area contributed by atoms with Crippen LogP contribution < -0.4 is 19.8 Å². The van der Waals surface area contributed by atoms with Crippen molar-refractivity contribution in [3.05, 3.63) is 54.1 Å². The van der Waals surface area contributed by atoms with Crippen LogP contribution in [0.15, 0.2) is 58.1 Å². The molecule has 146 valence electrons. The molecule has 3 aromatic rings. The Kier molecular flexibility index (Phi) is 6.20. The van der Waals surface area contributed by atoms with Crippen LogP contribution in [0.25, 0.3) is 5.69 Å². The first kappa shape index (κ1) is 19.8. The molecule has 1 atom stereocenters. The number of nitrogens with one attached hydrogen (secondary N) is 1. The lowest BCUT2D eigenvalue weighted by Gasteiger charge is -2.13. The highest BCUT2D eigenvalue weighted by Gasteiger charge is 2.27. The molecule has 0 aliphatic rings. The van der Waals surface area contributed by atoms with E-state index in [1.807, 2.05) is 50.2 Å². The normalized spacial score (nSPS) is 11.8. The molecule has 28 heavy (non-hydrogen) atoms. The Morgan fingerprint density at radius 3 is 2.71 bits per heavy atom. The quantitative estimate of drug-likeness (QED) is 0.485. The number of para-hydroxylation sites is 2. The van der Waals surface area contributed by atoms with Gasteiger partial charge in [0.05, 0.1) is 22.8 Å². The van der Waals surface area contributed by atoms with E-state index in [1.165, 1.54) is 4.68 Å². The molecule has 1 N–H and O–H groups in total. The van der Waals surface area contributed by atoms with Crippen LogP contribution in [0.4, 0.5) is 5.69 Å². The Bertz CT molecular complexity index is 956. The summed E-state index contributed by atoms with van der Waals surface area (Å²) in [5.74, 6) is -0.243. The van der Waals surface area contributed by atoms with Crippen molar-refractivity contribution in [2.45, 2.75) is 31.0 Å². The first-order valence-electron chi connectivity index (χ1n) is 8.85. The lowest BCUT2D eigenvalue weighted by Crippen LogP contribution is -2.36. The highest BCUT2D eigenvalue weighted by Crippen LogP contribution is 2.29. The third-order valence-corrected chi connectivity index (χ3v) is 5.08. The van der Waals surface area contributed by atoms with Crippen molar-refractivity contribution in [2.75, 3.05) is 11.9 Å². The fourth-order valence-corrected chi connectivity index (χ4v) is 3.37. The zero-order valence-corrected chi connectivity index (χ0v) is 16.7. The maximum absolute atomic E-state index is 12.6. The first-order chi connectivity index (χ1) is 13.5. The van der Waals surface area contributed by atoms with Crippen LogP contribution in [0.3, 0.4) is 0 Å². The topological polar surface area (TPSA) is 91.3 Å². The minimum Gasteiger partial charge on any atom is -0.538 e. The third-order valence-electron chi connectivity index (χ3n) is 3.95. The predicted octanol–water partition coefficient (Wildman–Crippen LogP) is 2.85. The van der Waals surface area contributed by atoms with E-state index in [2.05, 4.69) is 10.6 Å². The van der Waals surface area contributed by atoms with Crippen molar-refractivity contribution in [1.82, 2.24) is 5.27 Å². The number of hydrogen-bond acceptors (Lipinski definition) is 6. The number of hydrogen-bond donors (Lipinski definition) is 1. The average Bonchev–Trinajstić information content (AvgIpc) is 3.04. The van der Waals surface area contributed by atoms with Crippen molar-refractivity contribution >= 4 is 23.4 Å². The van der Waals surface area contributed by atoms with Crippen molar-refractivity contribution in [3.8, 4) is 17.4 Å². The van der Waals surface area contributed by atoms with Gasteiger partial charge in [0.15, 0.2) is 5.95 Å². The Morgan fingerprint density at radius 1 is 1.29 bits per heavy atom. The van der Waals surface area contributed by atoms with Crippen LogP contribution >= 0.6 is 11.8 Å². The highest BCUT2D eigenvalue weighted by atomic mass is 32.2. The van der Waals surface area contributed by atoms with Crippen LogP contribution in [-0.4, -0.2) is 23.0 Å². The smallest absolute Gasteiger partial charge is 0.298 e. The molecule has 0 saturated heterocycles. The van der Waals surface area contributed by atoms with Crippen molar-refractivity contribution < 1.29 is 23.8 Å². The number of benzene rings is 2. The Hall–Kier alpha value is -3.00. The summed E-state index contributed by atoms with van der Waals surface area (Å²) in [6.07, 6.45) is 0. The second-order valence-corrected chi connectivity index (χ2v) is 7.42. The maximum atomic E-state index is 12.6. The fraction of sp³-hybridized carbons (Fsp3) is 0.250. The van der Waals surface area contributed by atoms with Crippen LogP contribution in [0.5, 0.6) is 11.7 Å². The predicted molar refractivity (Wildman–Crippen MR) is 104 cm³/mol. The Morgan fingerprint density at radius 2 is 2.00 bits per heavy atom. The number of nitrogens with zero attached hydrogens (tertiary/aromatic N) is 2. The van der Waals surface area contributed by atoms with Gasteiger partial charge in [0, 0.05) is 12.1 Å². The van der Waals surface area contributed by atoms with Gasteiger partial charge in [-0.3, -0.25) is 4.79 Å². The molecular weight excluding hydrogens is 378 g/mol. The number of rotatable bonds is 7. The van der Waals surface area contributed by atoms with E-state index < -0.39 is 11.2 Å². The first-order valence-corrected chi connectivity index (χ1v) is 9.73. The number of anilines is 1. The Balaban J connectivity index is 1.76. The van der Waals surface area contributed by atoms with Gasteiger partial charge >= 0.3 is 0 Å². The largest absolute Gasteiger partial charge is 0.538 e. The molecule has 2 aromatic carbocycles. The summed E-state index contributed by atoms with van der Waals surface area (Å²) in [5.41, 5.74) is 2.36. The van der Waals surface area contributed by atoms with Crippen LogP contribution in [0.1, 0.15) is 19.4 Å². The fourth-order valence-electron chi connectivity index (χ4n) is 2.50. The summed E-state index contributed by atoms with van der Waals surface area (Å²) in [6, 6.07) is 14.7. The second-order valence-electron chi connectivity index (χ2n) is 6.09. The van der Waals surface area contributed by atoms with Gasteiger partial charge in [0.2, 0.25) is 11.6 Å². The molecule has 8 heteroatoms. The number of carbonyl (C=O) groups is 1. The summed E-state index contributed by atoms with van der Waals surface area (Å²) < 4.78 is 11.8. The van der Waals surface area contributed by atoms with E-state index >= 15 is 0 Å². The van der Waals surface area contributed by atoms with Gasteiger partial charge in [-0.05, 0) is 49.3 Å². The summed E-state index contributed by atoms with van der Waals surface area (Å²) >= 11 is 1.09. The zero-order chi connectivity index (χ0) is 20.1. The molecule has 3 rings (SSSR count). The standard InChI is InChI=1S/C20H21N3O4S/c1-4-26-17-8-6-5-7-16(17)21-18(24)14(3)28-19-20(25)27-22-23(19)15-11-9-13(2)10-12-15/h5-12,14H,4H2,1-3H3,(H-,21,22,24,25). The molecule has 0 aliphatic carbocycles. The summed E-state index contributed by atoms with van der Waals surface area (Å²) in [6.45, 7) is 6.06. The Labute approximate surface area is 167 Å². The molecule has 0 radical (unpaired) electrons. The monoisotopic (exact) mass is 399 g/mol. The summed E-state index contributed by atoms with van der Waals surface area (Å²) in [5, 5.41) is 18.5. The maximum Gasteiger partial charge on any atom is 0.298 e. The van der Waals surface area contributed by atoms with Crippen molar-refractivity contribution in [2.24, 2.45) is 0 Å². The van der Waals surface area contributed by atoms with Crippen LogP contribution in [0.2, 0.25) is 0 Å². The summed E-state index contributed by atoms with van der Waals surface area (Å²) in [7, 11) is 0. The van der Waals surface area contributed by atoms with E-state index in [-0.39, 0.29) is 10.9 Å². The van der Waals surface area contributed by atoms with Crippen LogP contribution in [0, 0.1) is 6.92 Å². The molecule has 1 heterocycles.